The number of hydrogen-bond donors (Lipinski definition) is 0. The van der Waals surface area contributed by atoms with E-state index in [1.807, 2.05) is 13.8 Å². The van der Waals surface area contributed by atoms with Crippen LogP contribution in [0.2, 0.25) is 0 Å². The molecule has 1 aliphatic rings. The predicted octanol–water partition coefficient (Wildman–Crippen LogP) is 4.63. The molecule has 0 aromatic carbocycles. The van der Waals surface area contributed by atoms with E-state index < -0.39 is 23.4 Å². The summed E-state index contributed by atoms with van der Waals surface area (Å²) >= 11 is 7.82. The largest absolute Gasteiger partial charge is 0.391 e. The Labute approximate surface area is 157 Å². The second-order valence-electron chi connectivity index (χ2n) is 4.25. The molecule has 2 atom stereocenters. The predicted molar refractivity (Wildman–Crippen MR) is 103 cm³/mol. The van der Waals surface area contributed by atoms with Gasteiger partial charge in [0.15, 0.2) is 0 Å². The maximum absolute atomic E-state index is 12.7. The SMILES string of the molecule is CCOP(=O)(OCC)SC1OCCOC1SP(=S)(OCC)OCC. The molecule has 0 radical (unpaired) electrons. The summed E-state index contributed by atoms with van der Waals surface area (Å²) in [6, 6.07) is 0. The lowest BCUT2D eigenvalue weighted by Gasteiger charge is -2.34. The van der Waals surface area contributed by atoms with Crippen molar-refractivity contribution in [2.45, 2.75) is 38.6 Å². The van der Waals surface area contributed by atoms with E-state index in [1.165, 1.54) is 11.4 Å². The molecule has 0 aliphatic carbocycles. The van der Waals surface area contributed by atoms with Gasteiger partial charge in [-0.15, -0.1) is 0 Å². The van der Waals surface area contributed by atoms with Crippen LogP contribution in [0.5, 0.6) is 0 Å². The Kier molecular flexibility index (Phi) is 11.6. The average Bonchev–Trinajstić information content (AvgIpc) is 2.50. The van der Waals surface area contributed by atoms with E-state index in [4.69, 9.17) is 39.4 Å². The number of ether oxygens (including phenoxy) is 2. The van der Waals surface area contributed by atoms with Gasteiger partial charge in [0, 0.05) is 0 Å². The van der Waals surface area contributed by atoms with Gasteiger partial charge in [-0.2, -0.15) is 0 Å². The molecule has 1 fully saturated rings. The van der Waals surface area contributed by atoms with Crippen molar-refractivity contribution in [1.29, 1.82) is 0 Å². The zero-order valence-electron chi connectivity index (χ0n) is 14.4. The lowest BCUT2D eigenvalue weighted by Crippen LogP contribution is -2.34. The molecule has 12 heteroatoms. The van der Waals surface area contributed by atoms with Crippen LogP contribution in [0.1, 0.15) is 27.7 Å². The molecule has 0 N–H and O–H groups in total. The molecule has 0 aromatic rings. The van der Waals surface area contributed by atoms with E-state index >= 15 is 0 Å². The Balaban J connectivity index is 2.83. The van der Waals surface area contributed by atoms with E-state index in [0.29, 0.717) is 26.4 Å². The van der Waals surface area contributed by atoms with Gasteiger partial charge >= 0.3 is 6.80 Å². The minimum Gasteiger partial charge on any atom is -0.361 e. The summed E-state index contributed by atoms with van der Waals surface area (Å²) in [5.74, 6) is 0. The topological polar surface area (TPSA) is 72.5 Å². The normalized spacial score (nSPS) is 22.7. The summed E-state index contributed by atoms with van der Waals surface area (Å²) in [5.41, 5.74) is -3.58. The summed E-state index contributed by atoms with van der Waals surface area (Å²) in [5, 5.41) is 0. The molecule has 7 nitrogen and oxygen atoms in total. The summed E-state index contributed by atoms with van der Waals surface area (Å²) in [7, 11) is 0. The molecule has 0 amide bonds. The van der Waals surface area contributed by atoms with Gasteiger partial charge in [0.2, 0.25) is 5.69 Å². The Hall–Kier alpha value is 1.34. The second-order valence-corrected chi connectivity index (χ2v) is 14.6. The minimum atomic E-state index is -3.33. The third kappa shape index (κ3) is 7.92. The van der Waals surface area contributed by atoms with E-state index in [0.717, 1.165) is 11.4 Å². The van der Waals surface area contributed by atoms with Crippen LogP contribution >= 0.6 is 35.3 Å². The summed E-state index contributed by atoms with van der Waals surface area (Å²) < 4.78 is 46.1. The van der Waals surface area contributed by atoms with E-state index in [9.17, 15) is 4.57 Å². The molecule has 2 unspecified atom stereocenters. The van der Waals surface area contributed by atoms with Crippen molar-refractivity contribution in [1.82, 2.24) is 0 Å². The molecule has 1 saturated heterocycles. The Morgan fingerprint density at radius 3 is 1.71 bits per heavy atom. The summed E-state index contributed by atoms with van der Waals surface area (Å²) in [6.07, 6.45) is 0. The minimum absolute atomic E-state index is 0.283. The molecule has 0 spiro atoms. The maximum atomic E-state index is 12.7. The highest BCUT2D eigenvalue weighted by molar-refractivity contribution is 8.68. The first kappa shape index (κ1) is 23.4. The van der Waals surface area contributed by atoms with Gasteiger partial charge in [0.1, 0.15) is 10.9 Å². The van der Waals surface area contributed by atoms with Gasteiger partial charge < -0.3 is 27.6 Å². The van der Waals surface area contributed by atoms with Gasteiger partial charge in [-0.25, -0.2) is 4.57 Å². The van der Waals surface area contributed by atoms with Crippen molar-refractivity contribution in [3.8, 4) is 0 Å². The molecule has 0 bridgehead atoms. The van der Waals surface area contributed by atoms with Crippen molar-refractivity contribution >= 4 is 47.1 Å². The zero-order valence-corrected chi connectivity index (χ0v) is 18.6. The van der Waals surface area contributed by atoms with Crippen molar-refractivity contribution in [3.05, 3.63) is 0 Å². The quantitative estimate of drug-likeness (QED) is 0.401. The van der Waals surface area contributed by atoms with E-state index in [-0.39, 0.29) is 13.2 Å². The first-order valence-electron chi connectivity index (χ1n) is 7.80. The molecular weight excluding hydrogens is 414 g/mol. The summed E-state index contributed by atoms with van der Waals surface area (Å²) in [4.78, 5) is 0. The van der Waals surface area contributed by atoms with Gasteiger partial charge in [0.25, 0.3) is 0 Å². The first-order valence-corrected chi connectivity index (χ1v) is 14.9. The van der Waals surface area contributed by atoms with Crippen LogP contribution in [0.4, 0.5) is 0 Å². The molecule has 0 aromatic heterocycles. The fourth-order valence-corrected chi connectivity index (χ4v) is 11.3. The highest BCUT2D eigenvalue weighted by atomic mass is 32.9. The Morgan fingerprint density at radius 1 is 0.875 bits per heavy atom. The van der Waals surface area contributed by atoms with Crippen LogP contribution in [0, 0.1) is 0 Å². The average molecular weight is 440 g/mol. The standard InChI is InChI=1S/C12H26O7P2S3/c1-5-16-20(13,17-6-2)23-11-12(15-10-9-14-11)24-21(22,18-7-3)19-8-4/h11-12H,5-10H2,1-4H3. The van der Waals surface area contributed by atoms with Gasteiger partial charge in [-0.3, -0.25) is 0 Å². The van der Waals surface area contributed by atoms with Crippen LogP contribution in [-0.4, -0.2) is 50.5 Å². The molecule has 1 aliphatic heterocycles. The fourth-order valence-electron chi connectivity index (χ4n) is 1.73. The third-order valence-electron chi connectivity index (χ3n) is 2.48. The fraction of sp³-hybridized carbons (Fsp3) is 1.00. The van der Waals surface area contributed by atoms with Crippen molar-refractivity contribution in [2.24, 2.45) is 0 Å². The molecule has 144 valence electrons. The van der Waals surface area contributed by atoms with Gasteiger partial charge in [-0.05, 0) is 62.3 Å². The lowest BCUT2D eigenvalue weighted by molar-refractivity contribution is -0.0655. The second kappa shape index (κ2) is 11.9. The maximum Gasteiger partial charge on any atom is 0.391 e. The molecule has 1 rings (SSSR count). The van der Waals surface area contributed by atoms with E-state index in [2.05, 4.69) is 0 Å². The Morgan fingerprint density at radius 2 is 1.29 bits per heavy atom. The molecule has 0 saturated carbocycles. The smallest absolute Gasteiger partial charge is 0.361 e. The van der Waals surface area contributed by atoms with Crippen molar-refractivity contribution < 1.29 is 32.1 Å². The van der Waals surface area contributed by atoms with Crippen LogP contribution < -0.4 is 0 Å². The Bertz CT molecular complexity index is 394. The first-order chi connectivity index (χ1) is 11.4. The summed E-state index contributed by atoms with van der Waals surface area (Å²) in [6.45, 7) is 6.23. The highest BCUT2D eigenvalue weighted by Gasteiger charge is 2.40. The van der Waals surface area contributed by atoms with Crippen molar-refractivity contribution in [3.63, 3.8) is 0 Å². The lowest BCUT2D eigenvalue weighted by atomic mass is 10.6. The highest BCUT2D eigenvalue weighted by Crippen LogP contribution is 2.68. The number of rotatable bonds is 12. The molecule has 24 heavy (non-hydrogen) atoms. The van der Waals surface area contributed by atoms with Crippen LogP contribution in [0.25, 0.3) is 0 Å². The van der Waals surface area contributed by atoms with Crippen LogP contribution in [-0.2, 0) is 43.9 Å². The van der Waals surface area contributed by atoms with Crippen LogP contribution in [0.3, 0.4) is 0 Å². The number of hydrogen-bond acceptors (Lipinski definition) is 10. The van der Waals surface area contributed by atoms with Crippen molar-refractivity contribution in [2.75, 3.05) is 39.6 Å². The van der Waals surface area contributed by atoms with Gasteiger partial charge in [-0.1, -0.05) is 0 Å². The van der Waals surface area contributed by atoms with Gasteiger partial charge in [0.05, 0.1) is 39.6 Å². The van der Waals surface area contributed by atoms with Crippen LogP contribution in [0.15, 0.2) is 0 Å². The third-order valence-corrected chi connectivity index (χ3v) is 12.1. The van der Waals surface area contributed by atoms with E-state index in [1.54, 1.807) is 13.8 Å². The zero-order chi connectivity index (χ0) is 18.1. The molecular formula is C12H26O7P2S3. The molecule has 1 heterocycles. The monoisotopic (exact) mass is 440 g/mol.